The van der Waals surface area contributed by atoms with Gasteiger partial charge in [-0.15, -0.1) is 0 Å². The number of urea groups is 1. The van der Waals surface area contributed by atoms with E-state index in [2.05, 4.69) is 10.6 Å². The van der Waals surface area contributed by atoms with Crippen LogP contribution in [0.15, 0.2) is 0 Å². The fourth-order valence-electron chi connectivity index (χ4n) is 2.36. The lowest BCUT2D eigenvalue weighted by molar-refractivity contribution is -0.144. The molecule has 1 atom stereocenters. The van der Waals surface area contributed by atoms with Crippen LogP contribution in [0.2, 0.25) is 0 Å². The zero-order valence-corrected chi connectivity index (χ0v) is 11.9. The number of carboxylic acid groups (broad SMARTS) is 1. The minimum absolute atomic E-state index is 0.0400. The third-order valence-corrected chi connectivity index (χ3v) is 4.66. The largest absolute Gasteiger partial charge is 0.480 e. The highest BCUT2D eigenvalue weighted by Crippen LogP contribution is 2.21. The van der Waals surface area contributed by atoms with Crippen LogP contribution in [-0.4, -0.2) is 65.1 Å². The lowest BCUT2D eigenvalue weighted by atomic mass is 10.0. The van der Waals surface area contributed by atoms with Gasteiger partial charge >= 0.3 is 12.0 Å². The summed E-state index contributed by atoms with van der Waals surface area (Å²) in [5, 5.41) is 14.3. The lowest BCUT2D eigenvalue weighted by Gasteiger charge is -2.33. The fraction of sp³-hybridized carbons (Fsp3) is 0.750. The van der Waals surface area contributed by atoms with Gasteiger partial charge in [-0.25, -0.2) is 9.59 Å². The highest BCUT2D eigenvalue weighted by Gasteiger charge is 2.35. The standard InChI is InChI=1S/C12H19N3O4S/c16-10-7-15(9(6-13-10)11(17)18)12(19)14-5-8-1-3-20-4-2-8/h8-9H,1-7H2,(H,13,16)(H,14,19)(H,17,18). The Balaban J connectivity index is 1.87. The SMILES string of the molecule is O=C1CN(C(=O)NCC2CCSCC2)C(C(=O)O)CN1. The van der Waals surface area contributed by atoms with E-state index in [0.29, 0.717) is 12.5 Å². The maximum Gasteiger partial charge on any atom is 0.328 e. The normalized spacial score (nSPS) is 24.1. The number of carbonyl (C=O) groups is 3. The van der Waals surface area contributed by atoms with Crippen LogP contribution in [-0.2, 0) is 9.59 Å². The van der Waals surface area contributed by atoms with Crippen LogP contribution in [0.5, 0.6) is 0 Å². The molecule has 0 aromatic heterocycles. The predicted molar refractivity (Wildman–Crippen MR) is 74.6 cm³/mol. The van der Waals surface area contributed by atoms with Crippen molar-refractivity contribution in [3.05, 3.63) is 0 Å². The van der Waals surface area contributed by atoms with Crippen LogP contribution < -0.4 is 10.6 Å². The van der Waals surface area contributed by atoms with Gasteiger partial charge in [-0.1, -0.05) is 0 Å². The van der Waals surface area contributed by atoms with Crippen molar-refractivity contribution < 1.29 is 19.5 Å². The Hall–Kier alpha value is -1.44. The van der Waals surface area contributed by atoms with E-state index in [1.54, 1.807) is 0 Å². The minimum atomic E-state index is -1.10. The third-order valence-electron chi connectivity index (χ3n) is 3.61. The van der Waals surface area contributed by atoms with Crippen LogP contribution in [0.4, 0.5) is 4.79 Å². The maximum absolute atomic E-state index is 12.1. The van der Waals surface area contributed by atoms with Crippen LogP contribution in [0.1, 0.15) is 12.8 Å². The number of nitrogens with one attached hydrogen (secondary N) is 2. The van der Waals surface area contributed by atoms with E-state index in [4.69, 9.17) is 5.11 Å². The van der Waals surface area contributed by atoms with Crippen molar-refractivity contribution in [3.63, 3.8) is 0 Å². The summed E-state index contributed by atoms with van der Waals surface area (Å²) in [6, 6.07) is -1.46. The quantitative estimate of drug-likeness (QED) is 0.666. The van der Waals surface area contributed by atoms with E-state index in [9.17, 15) is 14.4 Å². The molecule has 0 radical (unpaired) electrons. The Labute approximate surface area is 121 Å². The number of hydrogen-bond donors (Lipinski definition) is 3. The van der Waals surface area contributed by atoms with Gasteiger partial charge in [0.25, 0.3) is 0 Å². The summed E-state index contributed by atoms with van der Waals surface area (Å²) in [5.41, 5.74) is 0. The number of hydrogen-bond acceptors (Lipinski definition) is 4. The zero-order valence-electron chi connectivity index (χ0n) is 11.1. The molecule has 2 aliphatic heterocycles. The Kier molecular flexibility index (Phi) is 5.11. The number of carbonyl (C=O) groups excluding carboxylic acids is 2. The molecule has 0 aromatic carbocycles. The smallest absolute Gasteiger partial charge is 0.328 e. The molecule has 2 aliphatic rings. The molecule has 1 unspecified atom stereocenters. The average Bonchev–Trinajstić information content (AvgIpc) is 2.45. The lowest BCUT2D eigenvalue weighted by Crippen LogP contribution is -2.61. The van der Waals surface area contributed by atoms with Gasteiger partial charge in [0.05, 0.1) is 0 Å². The molecule has 20 heavy (non-hydrogen) atoms. The molecule has 7 nitrogen and oxygen atoms in total. The zero-order chi connectivity index (χ0) is 14.5. The van der Waals surface area contributed by atoms with Gasteiger partial charge in [0.15, 0.2) is 0 Å². The molecule has 2 fully saturated rings. The van der Waals surface area contributed by atoms with Crippen molar-refractivity contribution in [1.29, 1.82) is 0 Å². The van der Waals surface area contributed by atoms with Crippen LogP contribution in [0, 0.1) is 5.92 Å². The van der Waals surface area contributed by atoms with Crippen molar-refractivity contribution in [3.8, 4) is 0 Å². The summed E-state index contributed by atoms with van der Waals surface area (Å²) in [6.45, 7) is 0.300. The number of rotatable bonds is 3. The molecule has 0 bridgehead atoms. The first-order valence-electron chi connectivity index (χ1n) is 6.69. The molecule has 0 aliphatic carbocycles. The Morgan fingerprint density at radius 3 is 2.75 bits per heavy atom. The average molecular weight is 301 g/mol. The Morgan fingerprint density at radius 2 is 2.10 bits per heavy atom. The molecule has 3 amide bonds. The van der Waals surface area contributed by atoms with E-state index in [1.165, 1.54) is 0 Å². The van der Waals surface area contributed by atoms with Crippen LogP contribution >= 0.6 is 11.8 Å². The Bertz CT molecular complexity index is 398. The molecule has 112 valence electrons. The molecule has 2 rings (SSSR count). The summed E-state index contributed by atoms with van der Waals surface area (Å²) < 4.78 is 0. The number of aliphatic carboxylic acids is 1. The summed E-state index contributed by atoms with van der Waals surface area (Å²) in [5.74, 6) is 1.22. The molecule has 0 saturated carbocycles. The number of carboxylic acids is 1. The van der Waals surface area contributed by atoms with Crippen molar-refractivity contribution >= 4 is 29.7 Å². The summed E-state index contributed by atoms with van der Waals surface area (Å²) in [7, 11) is 0. The van der Waals surface area contributed by atoms with Crippen molar-refractivity contribution in [1.82, 2.24) is 15.5 Å². The highest BCUT2D eigenvalue weighted by atomic mass is 32.2. The van der Waals surface area contributed by atoms with E-state index in [0.717, 1.165) is 29.2 Å². The van der Waals surface area contributed by atoms with Gasteiger partial charge in [0, 0.05) is 13.1 Å². The first kappa shape index (κ1) is 15.0. The summed E-state index contributed by atoms with van der Waals surface area (Å²) in [4.78, 5) is 35.6. The van der Waals surface area contributed by atoms with Gasteiger partial charge in [-0.2, -0.15) is 11.8 Å². The monoisotopic (exact) mass is 301 g/mol. The fourth-order valence-corrected chi connectivity index (χ4v) is 3.56. The van der Waals surface area contributed by atoms with Gasteiger partial charge in [-0.05, 0) is 30.3 Å². The Morgan fingerprint density at radius 1 is 1.40 bits per heavy atom. The maximum atomic E-state index is 12.1. The first-order chi connectivity index (χ1) is 9.58. The van der Waals surface area contributed by atoms with E-state index >= 15 is 0 Å². The summed E-state index contributed by atoms with van der Waals surface area (Å²) in [6.07, 6.45) is 2.13. The van der Waals surface area contributed by atoms with E-state index in [-0.39, 0.29) is 19.0 Å². The van der Waals surface area contributed by atoms with Crippen LogP contribution in [0.25, 0.3) is 0 Å². The van der Waals surface area contributed by atoms with Crippen molar-refractivity contribution in [2.75, 3.05) is 31.1 Å². The summed E-state index contributed by atoms with van der Waals surface area (Å²) >= 11 is 1.91. The molecule has 2 saturated heterocycles. The molecule has 0 aromatic rings. The molecule has 2 heterocycles. The number of amides is 3. The number of thioether (sulfide) groups is 1. The van der Waals surface area contributed by atoms with E-state index < -0.39 is 18.0 Å². The van der Waals surface area contributed by atoms with Crippen LogP contribution in [0.3, 0.4) is 0 Å². The predicted octanol–water partition coefficient (Wildman–Crippen LogP) is -0.276. The highest BCUT2D eigenvalue weighted by molar-refractivity contribution is 7.99. The van der Waals surface area contributed by atoms with Gasteiger partial charge in [-0.3, -0.25) is 9.69 Å². The molecular formula is C12H19N3O4S. The van der Waals surface area contributed by atoms with Gasteiger partial charge in [0.1, 0.15) is 12.6 Å². The molecular weight excluding hydrogens is 282 g/mol. The van der Waals surface area contributed by atoms with Gasteiger partial charge < -0.3 is 15.7 Å². The van der Waals surface area contributed by atoms with Crippen molar-refractivity contribution in [2.45, 2.75) is 18.9 Å². The molecule has 3 N–H and O–H groups in total. The van der Waals surface area contributed by atoms with Crippen molar-refractivity contribution in [2.24, 2.45) is 5.92 Å². The molecule has 8 heteroatoms. The second-order valence-corrected chi connectivity index (χ2v) is 6.25. The minimum Gasteiger partial charge on any atom is -0.480 e. The van der Waals surface area contributed by atoms with Gasteiger partial charge in [0.2, 0.25) is 5.91 Å². The molecule has 0 spiro atoms. The second kappa shape index (κ2) is 6.83. The first-order valence-corrected chi connectivity index (χ1v) is 7.85. The third kappa shape index (κ3) is 3.78. The number of piperazine rings is 1. The number of nitrogens with zero attached hydrogens (tertiary/aromatic N) is 1. The topological polar surface area (TPSA) is 98.7 Å². The van der Waals surface area contributed by atoms with E-state index in [1.807, 2.05) is 11.8 Å². The second-order valence-electron chi connectivity index (χ2n) is 5.03.